The van der Waals surface area contributed by atoms with Crippen LogP contribution in [0.15, 0.2) is 0 Å². The van der Waals surface area contributed by atoms with Gasteiger partial charge in [-0.1, -0.05) is 0 Å². The van der Waals surface area contributed by atoms with Crippen molar-refractivity contribution in [2.24, 2.45) is 0 Å². The molecule has 5 nitrogen and oxygen atoms in total. The monoisotopic (exact) mass is 324 g/mol. The molecule has 2 rings (SSSR count). The molecule has 1 amide bonds. The molecule has 2 unspecified atom stereocenters. The molecule has 0 aliphatic carbocycles. The van der Waals surface area contributed by atoms with E-state index in [-0.39, 0.29) is 23.1 Å². The summed E-state index contributed by atoms with van der Waals surface area (Å²) < 4.78 is 47.7. The van der Waals surface area contributed by atoms with Crippen LogP contribution >= 0.6 is 0 Å². The number of amides is 1. The van der Waals surface area contributed by atoms with Crippen LogP contribution in [0.2, 0.25) is 0 Å². The van der Waals surface area contributed by atoms with E-state index in [1.54, 1.807) is 0 Å². The molecule has 0 bridgehead atoms. The van der Waals surface area contributed by atoms with Crippen molar-refractivity contribution in [3.8, 4) is 0 Å². The molecule has 0 aromatic rings. The summed E-state index contributed by atoms with van der Waals surface area (Å²) in [5.41, 5.74) is -0.0248. The van der Waals surface area contributed by atoms with Gasteiger partial charge < -0.3 is 9.47 Å². The Morgan fingerprint density at radius 1 is 1.41 bits per heavy atom. The Morgan fingerprint density at radius 3 is 2.77 bits per heavy atom. The van der Waals surface area contributed by atoms with E-state index in [1.165, 1.54) is 0 Å². The Morgan fingerprint density at radius 2 is 2.14 bits per heavy atom. The Labute approximate surface area is 128 Å². The predicted octanol–water partition coefficient (Wildman–Crippen LogP) is 2.61. The minimum atomic E-state index is -4.71. The van der Waals surface area contributed by atoms with Crippen molar-refractivity contribution >= 4 is 6.09 Å². The summed E-state index contributed by atoms with van der Waals surface area (Å²) in [6, 6.07) is -0.0199. The maximum atomic E-state index is 12.4. The van der Waals surface area contributed by atoms with Gasteiger partial charge in [-0.15, -0.1) is 13.2 Å². The van der Waals surface area contributed by atoms with Crippen LogP contribution in [0.1, 0.15) is 32.6 Å². The fourth-order valence-corrected chi connectivity index (χ4v) is 3.45. The lowest BCUT2D eigenvalue weighted by atomic mass is 9.95. The third kappa shape index (κ3) is 3.48. The molecule has 0 N–H and O–H groups in total. The summed E-state index contributed by atoms with van der Waals surface area (Å²) in [5, 5.41) is 0. The van der Waals surface area contributed by atoms with Crippen LogP contribution in [0.4, 0.5) is 18.0 Å². The summed E-state index contributed by atoms with van der Waals surface area (Å²) in [6.45, 7) is 4.09. The van der Waals surface area contributed by atoms with E-state index in [0.29, 0.717) is 20.3 Å². The summed E-state index contributed by atoms with van der Waals surface area (Å²) in [5.74, 6) is 0. The molecule has 0 spiro atoms. The normalized spacial score (nSPS) is 28.7. The molecular formula is C14H23F3N2O3. The second-order valence-corrected chi connectivity index (χ2v) is 5.95. The first-order valence-electron chi connectivity index (χ1n) is 7.62. The van der Waals surface area contributed by atoms with Crippen LogP contribution in [0.3, 0.4) is 0 Å². The lowest BCUT2D eigenvalue weighted by Crippen LogP contribution is -2.48. The molecule has 2 fully saturated rings. The van der Waals surface area contributed by atoms with Gasteiger partial charge in [0.05, 0.1) is 6.61 Å². The van der Waals surface area contributed by atoms with Crippen molar-refractivity contribution < 1.29 is 27.4 Å². The summed E-state index contributed by atoms with van der Waals surface area (Å²) in [7, 11) is 0.673. The largest absolute Gasteiger partial charge is 0.489 e. The number of halogens is 3. The molecule has 0 aromatic heterocycles. The predicted molar refractivity (Wildman–Crippen MR) is 73.4 cm³/mol. The fourth-order valence-electron chi connectivity index (χ4n) is 3.45. The van der Waals surface area contributed by atoms with Gasteiger partial charge in [0.15, 0.2) is 0 Å². The smallest absolute Gasteiger partial charge is 0.448 e. The average molecular weight is 324 g/mol. The molecule has 128 valence electrons. The summed E-state index contributed by atoms with van der Waals surface area (Å²) in [4.78, 5) is 13.4. The van der Waals surface area contributed by atoms with Gasteiger partial charge in [0, 0.05) is 25.2 Å². The first-order chi connectivity index (χ1) is 10.3. The minimum absolute atomic E-state index is 0.00682. The zero-order valence-electron chi connectivity index (χ0n) is 13.0. The number of alkyl halides is 3. The zero-order chi connectivity index (χ0) is 16.4. The number of ether oxygens (including phenoxy) is 2. The van der Waals surface area contributed by atoms with Gasteiger partial charge in [-0.05, 0) is 39.2 Å². The third-order valence-corrected chi connectivity index (χ3v) is 4.66. The van der Waals surface area contributed by atoms with Crippen molar-refractivity contribution in [2.75, 3.05) is 33.4 Å². The van der Waals surface area contributed by atoms with E-state index in [0.717, 1.165) is 32.2 Å². The molecule has 0 radical (unpaired) electrons. The minimum Gasteiger partial charge on any atom is -0.448 e. The highest BCUT2D eigenvalue weighted by molar-refractivity contribution is 5.67. The van der Waals surface area contributed by atoms with E-state index in [1.807, 2.05) is 6.92 Å². The molecule has 8 heteroatoms. The molecule has 2 saturated heterocycles. The molecule has 2 heterocycles. The van der Waals surface area contributed by atoms with Gasteiger partial charge >= 0.3 is 12.4 Å². The molecule has 0 aromatic carbocycles. The lowest BCUT2D eigenvalue weighted by molar-refractivity contribution is -0.222. The highest BCUT2D eigenvalue weighted by Crippen LogP contribution is 2.42. The van der Waals surface area contributed by atoms with Crippen molar-refractivity contribution in [2.45, 2.75) is 50.5 Å². The maximum absolute atomic E-state index is 12.4. The second kappa shape index (κ2) is 6.62. The van der Waals surface area contributed by atoms with E-state index < -0.39 is 12.4 Å². The molecule has 0 saturated carbocycles. The highest BCUT2D eigenvalue weighted by atomic mass is 19.4. The van der Waals surface area contributed by atoms with Gasteiger partial charge in [-0.25, -0.2) is 9.69 Å². The molecule has 2 aliphatic heterocycles. The first kappa shape index (κ1) is 17.3. The van der Waals surface area contributed by atoms with Gasteiger partial charge in [0.1, 0.15) is 6.61 Å². The van der Waals surface area contributed by atoms with Crippen LogP contribution in [0.25, 0.3) is 0 Å². The maximum Gasteiger partial charge on any atom is 0.489 e. The standard InChI is InChI=1S/C14H23F3N2O3/c1-3-21-10-13-6-4-8-19(13)11(5-7-13)9-22-12(20)18(2)14(15,16)17/h11H,3-10H2,1-2H3. The average Bonchev–Trinajstić information content (AvgIpc) is 3.00. The van der Waals surface area contributed by atoms with E-state index in [2.05, 4.69) is 4.90 Å². The topological polar surface area (TPSA) is 42.0 Å². The van der Waals surface area contributed by atoms with Crippen LogP contribution < -0.4 is 0 Å². The Kier molecular flexibility index (Phi) is 5.21. The number of nitrogens with zero attached hydrogens (tertiary/aromatic N) is 2. The third-order valence-electron chi connectivity index (χ3n) is 4.66. The number of carbonyl (C=O) groups excluding carboxylic acids is 1. The number of rotatable bonds is 5. The molecule has 2 atom stereocenters. The Balaban J connectivity index is 1.88. The van der Waals surface area contributed by atoms with Crippen molar-refractivity contribution in [3.05, 3.63) is 0 Å². The van der Waals surface area contributed by atoms with Crippen molar-refractivity contribution in [3.63, 3.8) is 0 Å². The van der Waals surface area contributed by atoms with Crippen molar-refractivity contribution in [1.82, 2.24) is 9.80 Å². The van der Waals surface area contributed by atoms with Gasteiger partial charge in [0.2, 0.25) is 0 Å². The van der Waals surface area contributed by atoms with Crippen LogP contribution in [0, 0.1) is 0 Å². The molecule has 22 heavy (non-hydrogen) atoms. The van der Waals surface area contributed by atoms with Gasteiger partial charge in [-0.3, -0.25) is 4.90 Å². The van der Waals surface area contributed by atoms with E-state index >= 15 is 0 Å². The Hall–Kier alpha value is -1.02. The lowest BCUT2D eigenvalue weighted by Gasteiger charge is -2.34. The van der Waals surface area contributed by atoms with Gasteiger partial charge in [0.25, 0.3) is 0 Å². The van der Waals surface area contributed by atoms with E-state index in [9.17, 15) is 18.0 Å². The van der Waals surface area contributed by atoms with Crippen LogP contribution in [-0.2, 0) is 9.47 Å². The van der Waals surface area contributed by atoms with Gasteiger partial charge in [-0.2, -0.15) is 0 Å². The zero-order valence-corrected chi connectivity index (χ0v) is 13.0. The molecule has 2 aliphatic rings. The van der Waals surface area contributed by atoms with Crippen molar-refractivity contribution in [1.29, 1.82) is 0 Å². The van der Waals surface area contributed by atoms with Crippen LogP contribution in [-0.4, -0.2) is 67.2 Å². The van der Waals surface area contributed by atoms with E-state index in [4.69, 9.17) is 9.47 Å². The summed E-state index contributed by atoms with van der Waals surface area (Å²) >= 11 is 0. The molecular weight excluding hydrogens is 301 g/mol. The first-order valence-corrected chi connectivity index (χ1v) is 7.62. The summed E-state index contributed by atoms with van der Waals surface area (Å²) in [6.07, 6.45) is -2.24. The van der Waals surface area contributed by atoms with Crippen LogP contribution in [0.5, 0.6) is 0 Å². The quantitative estimate of drug-likeness (QED) is 0.729. The number of hydrogen-bond donors (Lipinski definition) is 0. The highest BCUT2D eigenvalue weighted by Gasteiger charge is 2.49. The number of carbonyl (C=O) groups is 1. The second-order valence-electron chi connectivity index (χ2n) is 5.95. The fraction of sp³-hybridized carbons (Fsp3) is 0.929. The number of hydrogen-bond acceptors (Lipinski definition) is 4. The number of fused-ring (bicyclic) bond motifs is 1. The SMILES string of the molecule is CCOCC12CCCN1C(COC(=O)N(C)C(F)(F)F)CC2. The Bertz CT molecular complexity index is 405.